The van der Waals surface area contributed by atoms with Crippen LogP contribution in [-0.2, 0) is 4.74 Å². The molecule has 0 spiro atoms. The summed E-state index contributed by atoms with van der Waals surface area (Å²) in [6, 6.07) is 8.35. The maximum Gasteiger partial charge on any atom is 0.189 e. The minimum atomic E-state index is -1.74. The lowest BCUT2D eigenvalue weighted by Gasteiger charge is -2.40. The molecule has 5 atom stereocenters. The van der Waals surface area contributed by atoms with Crippen molar-refractivity contribution in [3.8, 4) is 17.2 Å². The number of ketones is 1. The van der Waals surface area contributed by atoms with Crippen LogP contribution in [0.1, 0.15) is 27.6 Å². The first kappa shape index (κ1) is 21.8. The number of hydrogen-bond acceptors (Lipinski definition) is 9. The Kier molecular flexibility index (Phi) is 6.40. The Labute approximate surface area is 171 Å². The van der Waals surface area contributed by atoms with Crippen molar-refractivity contribution in [2.24, 2.45) is 0 Å². The maximum atomic E-state index is 12.6. The number of carbonyl (C=O) groups is 1. The Morgan fingerprint density at radius 3 is 2.23 bits per heavy atom. The second-order valence-corrected chi connectivity index (χ2v) is 6.93. The van der Waals surface area contributed by atoms with E-state index in [-0.39, 0.29) is 16.9 Å². The molecule has 0 saturated carbocycles. The van der Waals surface area contributed by atoms with Gasteiger partial charge >= 0.3 is 0 Å². The summed E-state index contributed by atoms with van der Waals surface area (Å²) in [5.74, 6) is -1.72. The number of rotatable bonds is 5. The second-order valence-electron chi connectivity index (χ2n) is 6.93. The molecule has 0 amide bonds. The Hall–Kier alpha value is -2.95. The number of aromatic hydroxyl groups is 3. The number of phenols is 3. The van der Waals surface area contributed by atoms with Crippen molar-refractivity contribution in [3.63, 3.8) is 0 Å². The third-order valence-electron chi connectivity index (χ3n) is 4.96. The highest BCUT2D eigenvalue weighted by Gasteiger charge is 2.46. The zero-order valence-corrected chi connectivity index (χ0v) is 15.7. The molecular weight excluding hydrogens is 396 g/mol. The van der Waals surface area contributed by atoms with E-state index in [1.807, 2.05) is 0 Å². The van der Waals surface area contributed by atoms with E-state index < -0.39 is 54.4 Å². The van der Waals surface area contributed by atoms with E-state index in [9.17, 15) is 40.5 Å². The normalized spacial score (nSPS) is 26.7. The Morgan fingerprint density at radius 1 is 0.933 bits per heavy atom. The van der Waals surface area contributed by atoms with E-state index in [0.29, 0.717) is 5.56 Å². The van der Waals surface area contributed by atoms with E-state index in [0.717, 1.165) is 6.07 Å². The van der Waals surface area contributed by atoms with E-state index >= 15 is 0 Å². The minimum absolute atomic E-state index is 0.0684. The lowest BCUT2D eigenvalue weighted by atomic mass is 9.89. The van der Waals surface area contributed by atoms with E-state index in [2.05, 4.69) is 0 Å². The maximum absolute atomic E-state index is 12.6. The summed E-state index contributed by atoms with van der Waals surface area (Å²) < 4.78 is 5.37. The first-order valence-electron chi connectivity index (χ1n) is 9.11. The molecule has 30 heavy (non-hydrogen) atoms. The average molecular weight is 418 g/mol. The summed E-state index contributed by atoms with van der Waals surface area (Å²) in [5, 5.41) is 69.6. The fourth-order valence-electron chi connectivity index (χ4n) is 3.26. The number of phenolic OH excluding ortho intramolecular Hbond substituents is 3. The summed E-state index contributed by atoms with van der Waals surface area (Å²) >= 11 is 0. The molecule has 3 rings (SSSR count). The predicted molar refractivity (Wildman–Crippen MR) is 104 cm³/mol. The van der Waals surface area contributed by atoms with Crippen molar-refractivity contribution >= 4 is 11.9 Å². The van der Waals surface area contributed by atoms with Gasteiger partial charge in [0.15, 0.2) is 5.78 Å². The topological polar surface area (TPSA) is 168 Å². The van der Waals surface area contributed by atoms with Gasteiger partial charge in [0.1, 0.15) is 47.8 Å². The van der Waals surface area contributed by atoms with Gasteiger partial charge in [0, 0.05) is 0 Å². The Morgan fingerprint density at radius 2 is 1.60 bits per heavy atom. The van der Waals surface area contributed by atoms with Crippen LogP contribution in [0.5, 0.6) is 17.2 Å². The van der Waals surface area contributed by atoms with Crippen molar-refractivity contribution in [1.29, 1.82) is 0 Å². The fourth-order valence-corrected chi connectivity index (χ4v) is 3.26. The molecule has 9 heteroatoms. The van der Waals surface area contributed by atoms with Crippen LogP contribution < -0.4 is 0 Å². The van der Waals surface area contributed by atoms with Crippen molar-refractivity contribution < 1.29 is 45.3 Å². The summed E-state index contributed by atoms with van der Waals surface area (Å²) in [4.78, 5) is 12.6. The molecule has 1 saturated heterocycles. The summed E-state index contributed by atoms with van der Waals surface area (Å²) in [6.07, 6.45) is -5.18. The van der Waals surface area contributed by atoms with Crippen LogP contribution in [-0.4, -0.2) is 72.6 Å². The highest BCUT2D eigenvalue weighted by atomic mass is 16.5. The molecule has 1 heterocycles. The average Bonchev–Trinajstić information content (AvgIpc) is 2.73. The second kappa shape index (κ2) is 8.82. The molecule has 0 radical (unpaired) electrons. The zero-order chi connectivity index (χ0) is 22.0. The number of ether oxygens (including phenoxy) is 1. The van der Waals surface area contributed by atoms with Crippen LogP contribution in [0, 0.1) is 0 Å². The number of allylic oxidation sites excluding steroid dienone is 1. The number of aliphatic hydroxyl groups excluding tert-OH is 4. The van der Waals surface area contributed by atoms with E-state index in [4.69, 9.17) is 4.74 Å². The van der Waals surface area contributed by atoms with Crippen molar-refractivity contribution in [3.05, 3.63) is 59.2 Å². The first-order valence-corrected chi connectivity index (χ1v) is 9.11. The third-order valence-corrected chi connectivity index (χ3v) is 4.96. The van der Waals surface area contributed by atoms with Gasteiger partial charge in [-0.05, 0) is 35.9 Å². The molecule has 2 unspecified atom stereocenters. The highest BCUT2D eigenvalue weighted by Crippen LogP contribution is 2.42. The van der Waals surface area contributed by atoms with Gasteiger partial charge in [-0.2, -0.15) is 0 Å². The highest BCUT2D eigenvalue weighted by molar-refractivity contribution is 6.09. The van der Waals surface area contributed by atoms with Gasteiger partial charge in [-0.3, -0.25) is 4.79 Å². The Bertz CT molecular complexity index is 936. The largest absolute Gasteiger partial charge is 0.508 e. The van der Waals surface area contributed by atoms with E-state index in [1.54, 1.807) is 12.1 Å². The van der Waals surface area contributed by atoms with Gasteiger partial charge in [-0.25, -0.2) is 0 Å². The van der Waals surface area contributed by atoms with Crippen LogP contribution in [0.15, 0.2) is 42.5 Å². The van der Waals surface area contributed by atoms with Gasteiger partial charge < -0.3 is 40.5 Å². The van der Waals surface area contributed by atoms with Crippen LogP contribution in [0.3, 0.4) is 0 Å². The fraction of sp³-hybridized carbons (Fsp3) is 0.286. The minimum Gasteiger partial charge on any atom is -0.508 e. The summed E-state index contributed by atoms with van der Waals surface area (Å²) in [7, 11) is 0. The quantitative estimate of drug-likeness (QED) is 0.265. The molecule has 9 nitrogen and oxygen atoms in total. The first-order chi connectivity index (χ1) is 14.2. The van der Waals surface area contributed by atoms with Gasteiger partial charge in [0.25, 0.3) is 0 Å². The van der Waals surface area contributed by atoms with Gasteiger partial charge in [-0.1, -0.05) is 18.2 Å². The molecule has 1 aliphatic heterocycles. The molecule has 0 bridgehead atoms. The lowest BCUT2D eigenvalue weighted by molar-refractivity contribution is -0.232. The molecule has 1 fully saturated rings. The van der Waals surface area contributed by atoms with E-state index in [1.165, 1.54) is 30.4 Å². The van der Waals surface area contributed by atoms with Gasteiger partial charge in [0.2, 0.25) is 0 Å². The molecule has 160 valence electrons. The third kappa shape index (κ3) is 4.16. The summed E-state index contributed by atoms with van der Waals surface area (Å²) in [6.45, 7) is -0.684. The molecule has 0 aliphatic carbocycles. The van der Waals surface area contributed by atoms with Crippen molar-refractivity contribution in [1.82, 2.24) is 0 Å². The van der Waals surface area contributed by atoms with Gasteiger partial charge in [0.05, 0.1) is 17.7 Å². The lowest BCUT2D eigenvalue weighted by Crippen LogP contribution is -2.55. The monoisotopic (exact) mass is 418 g/mol. The number of carbonyl (C=O) groups excluding carboxylic acids is 1. The molecule has 0 aromatic heterocycles. The van der Waals surface area contributed by atoms with Gasteiger partial charge in [-0.15, -0.1) is 0 Å². The van der Waals surface area contributed by atoms with Crippen LogP contribution in [0.2, 0.25) is 0 Å². The predicted octanol–water partition coefficient (Wildman–Crippen LogP) is 0.214. The molecule has 2 aromatic rings. The number of aliphatic hydroxyl groups is 4. The molecular formula is C21H22O9. The smallest absolute Gasteiger partial charge is 0.189 e. The van der Waals surface area contributed by atoms with Crippen LogP contribution >= 0.6 is 0 Å². The van der Waals surface area contributed by atoms with Crippen LogP contribution in [0.25, 0.3) is 6.08 Å². The molecule has 1 aliphatic rings. The van der Waals surface area contributed by atoms with Crippen LogP contribution in [0.4, 0.5) is 0 Å². The SMILES string of the molecule is O=C(/C=C/c1ccc(O)cc1)c1ccc(O)c([C@@H]2OC(CO)[C@@H](O)[C@H](O)C2O)c1O. The zero-order valence-electron chi connectivity index (χ0n) is 15.7. The van der Waals surface area contributed by atoms with Crippen molar-refractivity contribution in [2.75, 3.05) is 6.61 Å². The number of hydrogen-bond donors (Lipinski definition) is 7. The number of benzene rings is 2. The standard InChI is InChI=1S/C21H22O9/c22-9-15-18(27)19(28)20(29)21(30-15)16-14(25)8-6-12(17(16)26)13(24)7-3-10-1-4-11(23)5-2-10/h1-8,15,18-23,25-29H,9H2/b7-3+/t15?,18-,19+,20?,21+/m1/s1. The summed E-state index contributed by atoms with van der Waals surface area (Å²) in [5.41, 5.74) is 0.0687. The molecule has 2 aromatic carbocycles. The Balaban J connectivity index is 1.93. The molecule has 7 N–H and O–H groups in total. The van der Waals surface area contributed by atoms with Crippen molar-refractivity contribution in [2.45, 2.75) is 30.5 Å².